The summed E-state index contributed by atoms with van der Waals surface area (Å²) in [6, 6.07) is 1.45. The van der Waals surface area contributed by atoms with Crippen LogP contribution < -0.4 is 10.1 Å². The van der Waals surface area contributed by atoms with Gasteiger partial charge in [0.25, 0.3) is 11.8 Å². The van der Waals surface area contributed by atoms with Crippen LogP contribution in [0.3, 0.4) is 0 Å². The van der Waals surface area contributed by atoms with E-state index in [0.29, 0.717) is 5.56 Å². The number of ether oxygens (including phenoxy) is 2. The summed E-state index contributed by atoms with van der Waals surface area (Å²) in [5.41, 5.74) is -3.95. The molecule has 2 aromatic heterocycles. The Morgan fingerprint density at radius 1 is 1.26 bits per heavy atom. The number of aryl methyl sites for hydroxylation is 1. The molecule has 4 bridgehead atoms. The topological polar surface area (TPSA) is 140 Å². The van der Waals surface area contributed by atoms with E-state index in [2.05, 4.69) is 20.5 Å². The van der Waals surface area contributed by atoms with Crippen molar-refractivity contribution < 1.29 is 42.1 Å². The first-order valence-corrected chi connectivity index (χ1v) is 11.1. The Labute approximate surface area is 199 Å². The number of anilines is 1. The molecule has 0 fully saturated rings. The molecule has 10 nitrogen and oxygen atoms in total. The van der Waals surface area contributed by atoms with Crippen LogP contribution in [-0.2, 0) is 10.3 Å². The number of carbonyl (C=O) groups excluding carboxylic acids is 1. The number of aliphatic hydroxyl groups is 2. The van der Waals surface area contributed by atoms with E-state index in [1.54, 1.807) is 34.6 Å². The molecule has 0 radical (unpaired) electrons. The summed E-state index contributed by atoms with van der Waals surface area (Å²) < 4.78 is 57.9. The van der Waals surface area contributed by atoms with Gasteiger partial charge < -0.3 is 24.1 Å². The number of fused-ring (bicyclic) bond motifs is 5. The summed E-state index contributed by atoms with van der Waals surface area (Å²) in [6.45, 7) is 8.21. The lowest BCUT2D eigenvalue weighted by molar-refractivity contribution is -0.277. The van der Waals surface area contributed by atoms with Crippen LogP contribution in [0, 0.1) is 6.92 Å². The van der Waals surface area contributed by atoms with E-state index in [0.717, 1.165) is 0 Å². The van der Waals surface area contributed by atoms with Gasteiger partial charge in [-0.25, -0.2) is 9.78 Å². The van der Waals surface area contributed by atoms with Crippen LogP contribution in [0.5, 0.6) is 5.88 Å². The highest BCUT2D eigenvalue weighted by Crippen LogP contribution is 2.43. The molecule has 35 heavy (non-hydrogen) atoms. The van der Waals surface area contributed by atoms with Crippen molar-refractivity contribution in [3.05, 3.63) is 17.5 Å². The van der Waals surface area contributed by atoms with Gasteiger partial charge in [-0.05, 0) is 59.9 Å². The van der Waals surface area contributed by atoms with Gasteiger partial charge in [0, 0.05) is 5.56 Å². The average molecular weight is 502 g/mol. The predicted molar refractivity (Wildman–Crippen MR) is 117 cm³/mol. The molecule has 3 heterocycles. The Balaban J connectivity index is 2.14. The van der Waals surface area contributed by atoms with Gasteiger partial charge in [-0.3, -0.25) is 5.32 Å². The Bertz CT molecular complexity index is 1070. The second kappa shape index (κ2) is 9.61. The van der Waals surface area contributed by atoms with Crippen LogP contribution in [0.25, 0.3) is 11.6 Å². The molecule has 0 saturated carbocycles. The molecule has 1 unspecified atom stereocenters. The summed E-state index contributed by atoms with van der Waals surface area (Å²) in [4.78, 5) is 16.7. The number of amides is 1. The number of hydrogen-bond donors (Lipinski definition) is 3. The molecule has 0 aromatic carbocycles. The Morgan fingerprint density at radius 3 is 2.57 bits per heavy atom. The Morgan fingerprint density at radius 2 is 1.94 bits per heavy atom. The van der Waals surface area contributed by atoms with Crippen LogP contribution in [0.2, 0.25) is 0 Å². The highest BCUT2D eigenvalue weighted by molar-refractivity contribution is 5.89. The SMILES string of the molecule is Cc1cc(NC(=O)OC(C)(C)C)c2nc1O[C@H](C)C(O)CCCC[C@](O)(C(F)(F)F)c1nnc-2o1. The fraction of sp³-hybridized carbons (Fsp3) is 0.636. The standard InChI is InChI=1S/C22H29F3N4O6/c1-11-10-13(26-19(31)35-20(3,4)5)15-17-28-29-18(34-17)21(32,22(23,24)25)9-7-6-8-14(30)12(2)33-16(11)27-15/h10,12,14,30,32H,6-9H2,1-5H3,(H,26,31)/t12-,14?,21-/m1/s1. The van der Waals surface area contributed by atoms with E-state index < -0.39 is 53.9 Å². The van der Waals surface area contributed by atoms with Crippen molar-refractivity contribution in [2.75, 3.05) is 5.32 Å². The van der Waals surface area contributed by atoms with E-state index in [1.807, 2.05) is 0 Å². The molecule has 3 rings (SSSR count). The van der Waals surface area contributed by atoms with E-state index >= 15 is 0 Å². The Hall–Kier alpha value is -2.93. The lowest BCUT2D eigenvalue weighted by Gasteiger charge is -2.27. The molecule has 1 amide bonds. The molecular weight excluding hydrogens is 473 g/mol. The molecule has 2 aromatic rings. The van der Waals surface area contributed by atoms with Crippen molar-refractivity contribution in [3.8, 4) is 17.5 Å². The average Bonchev–Trinajstić information content (AvgIpc) is 3.20. The molecule has 0 aliphatic carbocycles. The number of aromatic nitrogens is 3. The molecule has 3 N–H and O–H groups in total. The van der Waals surface area contributed by atoms with Crippen molar-refractivity contribution in [1.82, 2.24) is 15.2 Å². The minimum Gasteiger partial charge on any atom is -0.472 e. The number of halogens is 3. The maximum absolute atomic E-state index is 13.9. The largest absolute Gasteiger partial charge is 0.472 e. The number of hydrogen-bond acceptors (Lipinski definition) is 9. The fourth-order valence-corrected chi connectivity index (χ4v) is 3.47. The number of alkyl halides is 3. The highest BCUT2D eigenvalue weighted by Gasteiger charge is 2.58. The second-order valence-electron chi connectivity index (χ2n) is 9.54. The number of pyridine rings is 1. The third-order valence-electron chi connectivity index (χ3n) is 5.38. The lowest BCUT2D eigenvalue weighted by Crippen LogP contribution is -2.42. The highest BCUT2D eigenvalue weighted by atomic mass is 19.4. The maximum Gasteiger partial charge on any atom is 0.426 e. The molecule has 13 heteroatoms. The van der Waals surface area contributed by atoms with Crippen LogP contribution in [0.1, 0.15) is 64.8 Å². The van der Waals surface area contributed by atoms with Gasteiger partial charge in [-0.2, -0.15) is 13.2 Å². The summed E-state index contributed by atoms with van der Waals surface area (Å²) in [7, 11) is 0. The van der Waals surface area contributed by atoms with E-state index in [-0.39, 0.29) is 36.5 Å². The molecule has 194 valence electrons. The van der Waals surface area contributed by atoms with Crippen molar-refractivity contribution in [1.29, 1.82) is 0 Å². The molecule has 3 atom stereocenters. The van der Waals surface area contributed by atoms with Crippen molar-refractivity contribution in [2.45, 2.75) is 89.9 Å². The monoisotopic (exact) mass is 502 g/mol. The zero-order chi connectivity index (χ0) is 26.2. The first kappa shape index (κ1) is 26.7. The molecule has 0 saturated heterocycles. The van der Waals surface area contributed by atoms with Crippen LogP contribution in [0.15, 0.2) is 10.5 Å². The third kappa shape index (κ3) is 6.01. The normalized spacial score (nSPS) is 23.7. The van der Waals surface area contributed by atoms with E-state index in [1.165, 1.54) is 6.07 Å². The smallest absolute Gasteiger partial charge is 0.426 e. The quantitative estimate of drug-likeness (QED) is 0.522. The van der Waals surface area contributed by atoms with Gasteiger partial charge in [-0.15, -0.1) is 10.2 Å². The fourth-order valence-electron chi connectivity index (χ4n) is 3.47. The van der Waals surface area contributed by atoms with E-state index in [4.69, 9.17) is 13.9 Å². The maximum atomic E-state index is 13.9. The van der Waals surface area contributed by atoms with Crippen molar-refractivity contribution in [2.24, 2.45) is 0 Å². The molecule has 1 aliphatic rings. The number of aliphatic hydroxyl groups excluding tert-OH is 1. The number of rotatable bonds is 1. The first-order valence-electron chi connectivity index (χ1n) is 11.1. The van der Waals surface area contributed by atoms with Gasteiger partial charge in [0.1, 0.15) is 11.7 Å². The first-order chi connectivity index (χ1) is 16.1. The van der Waals surface area contributed by atoms with Gasteiger partial charge in [0.15, 0.2) is 5.69 Å². The van der Waals surface area contributed by atoms with Crippen LogP contribution in [0.4, 0.5) is 23.7 Å². The van der Waals surface area contributed by atoms with Crippen molar-refractivity contribution in [3.63, 3.8) is 0 Å². The van der Waals surface area contributed by atoms with Gasteiger partial charge >= 0.3 is 12.3 Å². The van der Waals surface area contributed by atoms with Crippen molar-refractivity contribution >= 4 is 11.8 Å². The van der Waals surface area contributed by atoms with Gasteiger partial charge in [-0.1, -0.05) is 6.42 Å². The predicted octanol–water partition coefficient (Wildman–Crippen LogP) is 4.24. The zero-order valence-corrected chi connectivity index (χ0v) is 20.1. The molecule has 1 aliphatic heterocycles. The number of nitrogens with zero attached hydrogens (tertiary/aromatic N) is 3. The minimum atomic E-state index is -5.10. The second-order valence-corrected chi connectivity index (χ2v) is 9.54. The summed E-state index contributed by atoms with van der Waals surface area (Å²) in [5.74, 6) is -1.49. The third-order valence-corrected chi connectivity index (χ3v) is 5.38. The summed E-state index contributed by atoms with van der Waals surface area (Å²) in [6.07, 6.45) is -8.21. The van der Waals surface area contributed by atoms with Gasteiger partial charge in [0.2, 0.25) is 11.5 Å². The Kier molecular flexibility index (Phi) is 7.32. The van der Waals surface area contributed by atoms with Crippen LogP contribution in [-0.4, -0.2) is 55.5 Å². The summed E-state index contributed by atoms with van der Waals surface area (Å²) in [5, 5.41) is 30.5. The number of carbonyl (C=O) groups is 1. The molecular formula is C22H29F3N4O6. The van der Waals surface area contributed by atoms with Crippen LogP contribution >= 0.6 is 0 Å². The van der Waals surface area contributed by atoms with E-state index in [9.17, 15) is 28.2 Å². The van der Waals surface area contributed by atoms with Gasteiger partial charge in [0.05, 0.1) is 11.8 Å². The summed E-state index contributed by atoms with van der Waals surface area (Å²) >= 11 is 0. The number of nitrogens with one attached hydrogen (secondary N) is 1. The molecule has 0 spiro atoms. The zero-order valence-electron chi connectivity index (χ0n) is 20.1. The lowest BCUT2D eigenvalue weighted by atomic mass is 9.94. The minimum absolute atomic E-state index is 0.00939.